The first-order valence-electron chi connectivity index (χ1n) is 4.17. The number of rotatable bonds is 1. The van der Waals surface area contributed by atoms with Gasteiger partial charge in [0, 0.05) is 12.5 Å². The first kappa shape index (κ1) is 7.53. The quantitative estimate of drug-likeness (QED) is 0.482. The van der Waals surface area contributed by atoms with Crippen molar-refractivity contribution in [3.8, 4) is 0 Å². The lowest BCUT2D eigenvalue weighted by Crippen LogP contribution is -2.28. The van der Waals surface area contributed by atoms with Crippen molar-refractivity contribution in [3.05, 3.63) is 0 Å². The monoisotopic (exact) mass is 158 g/mol. The maximum absolute atomic E-state index is 9.42. The molecular weight excluding hydrogens is 144 g/mol. The highest BCUT2D eigenvalue weighted by Crippen LogP contribution is 2.60. The van der Waals surface area contributed by atoms with Crippen molar-refractivity contribution in [1.29, 1.82) is 0 Å². The van der Waals surface area contributed by atoms with Gasteiger partial charge in [0.05, 0.1) is 12.2 Å². The Labute approximate surface area is 65.7 Å². The zero-order valence-corrected chi connectivity index (χ0v) is 6.40. The van der Waals surface area contributed by atoms with Gasteiger partial charge in [-0.2, -0.15) is 0 Å². The summed E-state index contributed by atoms with van der Waals surface area (Å²) >= 11 is 0. The maximum atomic E-state index is 9.42. The van der Waals surface area contributed by atoms with E-state index in [0.717, 1.165) is 12.8 Å². The van der Waals surface area contributed by atoms with Crippen molar-refractivity contribution in [2.45, 2.75) is 31.5 Å². The SMILES string of the molecule is OCC1C(O)C(O)CC12CC2. The molecule has 2 aliphatic carbocycles. The van der Waals surface area contributed by atoms with E-state index < -0.39 is 12.2 Å². The molecule has 1 spiro atoms. The van der Waals surface area contributed by atoms with Crippen LogP contribution in [0.25, 0.3) is 0 Å². The maximum Gasteiger partial charge on any atom is 0.0854 e. The average molecular weight is 158 g/mol. The van der Waals surface area contributed by atoms with Gasteiger partial charge in [-0.15, -0.1) is 0 Å². The van der Waals surface area contributed by atoms with Gasteiger partial charge in [-0.3, -0.25) is 0 Å². The second-order valence-corrected chi connectivity index (χ2v) is 3.91. The fraction of sp³-hybridized carbons (Fsp3) is 1.00. The molecule has 3 nitrogen and oxygen atoms in total. The number of aliphatic hydroxyl groups excluding tert-OH is 3. The lowest BCUT2D eigenvalue weighted by atomic mass is 9.93. The van der Waals surface area contributed by atoms with Crippen LogP contribution in [-0.2, 0) is 0 Å². The molecule has 0 saturated heterocycles. The van der Waals surface area contributed by atoms with E-state index in [1.165, 1.54) is 0 Å². The van der Waals surface area contributed by atoms with Crippen LogP contribution in [0.5, 0.6) is 0 Å². The highest BCUT2D eigenvalue weighted by molar-refractivity contribution is 5.08. The summed E-state index contributed by atoms with van der Waals surface area (Å²) in [5.41, 5.74) is 0.105. The van der Waals surface area contributed by atoms with Crippen molar-refractivity contribution in [2.24, 2.45) is 11.3 Å². The van der Waals surface area contributed by atoms with E-state index in [-0.39, 0.29) is 17.9 Å². The molecule has 0 aromatic rings. The third kappa shape index (κ3) is 0.916. The molecular formula is C8H14O3. The standard InChI is InChI=1S/C8H14O3/c9-4-5-7(11)6(10)3-8(5)1-2-8/h5-7,9-11H,1-4H2. The minimum atomic E-state index is -0.692. The molecule has 0 aromatic carbocycles. The van der Waals surface area contributed by atoms with Gasteiger partial charge in [0.15, 0.2) is 0 Å². The summed E-state index contributed by atoms with van der Waals surface area (Å²) in [5, 5.41) is 27.7. The molecule has 2 rings (SSSR count). The second-order valence-electron chi connectivity index (χ2n) is 3.91. The Morgan fingerprint density at radius 1 is 1.27 bits per heavy atom. The summed E-state index contributed by atoms with van der Waals surface area (Å²) in [5.74, 6) is -0.0718. The summed E-state index contributed by atoms with van der Waals surface area (Å²) < 4.78 is 0. The van der Waals surface area contributed by atoms with Crippen LogP contribution >= 0.6 is 0 Å². The molecule has 3 N–H and O–H groups in total. The van der Waals surface area contributed by atoms with Gasteiger partial charge >= 0.3 is 0 Å². The fourth-order valence-electron chi connectivity index (χ4n) is 2.36. The third-order valence-corrected chi connectivity index (χ3v) is 3.30. The van der Waals surface area contributed by atoms with Crippen molar-refractivity contribution < 1.29 is 15.3 Å². The second kappa shape index (κ2) is 2.19. The largest absolute Gasteiger partial charge is 0.396 e. The van der Waals surface area contributed by atoms with Gasteiger partial charge < -0.3 is 15.3 Å². The highest BCUT2D eigenvalue weighted by atomic mass is 16.3. The molecule has 3 heteroatoms. The minimum Gasteiger partial charge on any atom is -0.396 e. The average Bonchev–Trinajstić information content (AvgIpc) is 2.65. The van der Waals surface area contributed by atoms with Crippen LogP contribution in [0.4, 0.5) is 0 Å². The highest BCUT2D eigenvalue weighted by Gasteiger charge is 2.58. The molecule has 3 atom stereocenters. The van der Waals surface area contributed by atoms with E-state index in [1.807, 2.05) is 0 Å². The van der Waals surface area contributed by atoms with Gasteiger partial charge in [0.1, 0.15) is 0 Å². The van der Waals surface area contributed by atoms with Crippen molar-refractivity contribution in [1.82, 2.24) is 0 Å². The smallest absolute Gasteiger partial charge is 0.0854 e. The minimum absolute atomic E-state index is 0.0121. The van der Waals surface area contributed by atoms with Crippen LogP contribution in [0.3, 0.4) is 0 Å². The van der Waals surface area contributed by atoms with Crippen LogP contribution in [0.15, 0.2) is 0 Å². The molecule has 64 valence electrons. The molecule has 2 aliphatic rings. The first-order valence-corrected chi connectivity index (χ1v) is 4.17. The van der Waals surface area contributed by atoms with Gasteiger partial charge in [-0.25, -0.2) is 0 Å². The molecule has 2 saturated carbocycles. The molecule has 0 radical (unpaired) electrons. The summed E-state index contributed by atoms with van der Waals surface area (Å²) in [6.45, 7) is 0.0121. The molecule has 11 heavy (non-hydrogen) atoms. The Balaban J connectivity index is 2.14. The lowest BCUT2D eigenvalue weighted by Gasteiger charge is -2.17. The Kier molecular flexibility index (Phi) is 1.50. The molecule has 0 aliphatic heterocycles. The molecule has 0 heterocycles. The van der Waals surface area contributed by atoms with Crippen molar-refractivity contribution in [2.75, 3.05) is 6.61 Å². The Morgan fingerprint density at radius 2 is 1.91 bits per heavy atom. The van der Waals surface area contributed by atoms with E-state index in [1.54, 1.807) is 0 Å². The zero-order valence-electron chi connectivity index (χ0n) is 6.40. The molecule has 3 unspecified atom stereocenters. The van der Waals surface area contributed by atoms with E-state index in [0.29, 0.717) is 6.42 Å². The van der Waals surface area contributed by atoms with E-state index >= 15 is 0 Å². The van der Waals surface area contributed by atoms with Gasteiger partial charge in [-0.1, -0.05) is 0 Å². The predicted octanol–water partition coefficient (Wildman–Crippen LogP) is -0.499. The number of aliphatic hydroxyl groups is 3. The molecule has 2 fully saturated rings. The van der Waals surface area contributed by atoms with E-state index in [4.69, 9.17) is 5.11 Å². The third-order valence-electron chi connectivity index (χ3n) is 3.30. The van der Waals surface area contributed by atoms with E-state index in [2.05, 4.69) is 0 Å². The van der Waals surface area contributed by atoms with Crippen LogP contribution in [0.1, 0.15) is 19.3 Å². The summed E-state index contributed by atoms with van der Waals surface area (Å²) in [6, 6.07) is 0. The Bertz CT molecular complexity index is 165. The first-order chi connectivity index (χ1) is 5.19. The topological polar surface area (TPSA) is 60.7 Å². The normalized spacial score (nSPS) is 46.6. The zero-order chi connectivity index (χ0) is 8.06. The number of hydrogen-bond acceptors (Lipinski definition) is 3. The summed E-state index contributed by atoms with van der Waals surface area (Å²) in [6.07, 6.45) is 1.51. The van der Waals surface area contributed by atoms with Crippen LogP contribution in [0, 0.1) is 11.3 Å². The summed E-state index contributed by atoms with van der Waals surface area (Å²) in [7, 11) is 0. The molecule has 0 aromatic heterocycles. The fourth-order valence-corrected chi connectivity index (χ4v) is 2.36. The van der Waals surface area contributed by atoms with Crippen LogP contribution in [0.2, 0.25) is 0 Å². The lowest BCUT2D eigenvalue weighted by molar-refractivity contribution is 0.00211. The number of hydrogen-bond donors (Lipinski definition) is 3. The predicted molar refractivity (Wildman–Crippen MR) is 38.9 cm³/mol. The Hall–Kier alpha value is -0.120. The molecule has 0 amide bonds. The van der Waals surface area contributed by atoms with Crippen molar-refractivity contribution in [3.63, 3.8) is 0 Å². The van der Waals surface area contributed by atoms with Crippen LogP contribution < -0.4 is 0 Å². The van der Waals surface area contributed by atoms with E-state index in [9.17, 15) is 10.2 Å². The molecule has 0 bridgehead atoms. The Morgan fingerprint density at radius 3 is 2.27 bits per heavy atom. The van der Waals surface area contributed by atoms with Gasteiger partial charge in [0.2, 0.25) is 0 Å². The summed E-state index contributed by atoms with van der Waals surface area (Å²) in [4.78, 5) is 0. The van der Waals surface area contributed by atoms with Crippen LogP contribution in [-0.4, -0.2) is 34.1 Å². The van der Waals surface area contributed by atoms with Gasteiger partial charge in [-0.05, 0) is 24.7 Å². The van der Waals surface area contributed by atoms with Crippen molar-refractivity contribution >= 4 is 0 Å². The van der Waals surface area contributed by atoms with Gasteiger partial charge in [0.25, 0.3) is 0 Å².